The first-order valence-electron chi connectivity index (χ1n) is 8.24. The SMILES string of the molecule is c1ccc(N2N=C(c3ccc4c(c3)OCO4)CC2c2cccs2)cc1. The minimum absolute atomic E-state index is 0.225. The Kier molecular flexibility index (Phi) is 3.45. The van der Waals surface area contributed by atoms with Crippen LogP contribution in [0.1, 0.15) is 22.9 Å². The molecule has 0 saturated carbocycles. The maximum atomic E-state index is 5.52. The molecule has 2 aromatic carbocycles. The Labute approximate surface area is 149 Å². The first kappa shape index (κ1) is 14.5. The molecule has 2 aliphatic heterocycles. The fraction of sp³-hybridized carbons (Fsp3) is 0.150. The van der Waals surface area contributed by atoms with Gasteiger partial charge in [0.2, 0.25) is 6.79 Å². The van der Waals surface area contributed by atoms with Gasteiger partial charge in [-0.05, 0) is 41.8 Å². The molecule has 0 amide bonds. The van der Waals surface area contributed by atoms with Crippen LogP contribution in [0.3, 0.4) is 0 Å². The molecular formula is C20H16N2O2S. The van der Waals surface area contributed by atoms with Crippen molar-refractivity contribution in [3.63, 3.8) is 0 Å². The lowest BCUT2D eigenvalue weighted by Gasteiger charge is -2.22. The quantitative estimate of drug-likeness (QED) is 0.680. The average Bonchev–Trinajstić information content (AvgIpc) is 3.40. The molecular weight excluding hydrogens is 332 g/mol. The molecule has 1 aromatic heterocycles. The van der Waals surface area contributed by atoms with Gasteiger partial charge in [-0.2, -0.15) is 5.10 Å². The first-order chi connectivity index (χ1) is 12.4. The summed E-state index contributed by atoms with van der Waals surface area (Å²) in [6.45, 7) is 0.291. The first-order valence-corrected chi connectivity index (χ1v) is 9.12. The normalized spacial score (nSPS) is 18.5. The standard InChI is InChI=1S/C20H16N2O2S/c1-2-5-15(6-3-1)22-17(20-7-4-10-25-20)12-16(21-22)14-8-9-18-19(11-14)24-13-23-18/h1-11,17H,12-13H2. The second-order valence-electron chi connectivity index (χ2n) is 6.03. The molecule has 0 N–H and O–H groups in total. The van der Waals surface area contributed by atoms with E-state index in [0.717, 1.165) is 34.9 Å². The van der Waals surface area contributed by atoms with Gasteiger partial charge in [0.05, 0.1) is 17.4 Å². The largest absolute Gasteiger partial charge is 0.454 e. The number of hydrazone groups is 1. The van der Waals surface area contributed by atoms with Crippen molar-refractivity contribution in [2.24, 2.45) is 5.10 Å². The van der Waals surface area contributed by atoms with Crippen LogP contribution < -0.4 is 14.5 Å². The summed E-state index contributed by atoms with van der Waals surface area (Å²) in [5, 5.41) is 9.20. The fourth-order valence-electron chi connectivity index (χ4n) is 3.28. The molecule has 3 heterocycles. The monoisotopic (exact) mass is 348 g/mol. The Morgan fingerprint density at radius 1 is 0.960 bits per heavy atom. The van der Waals surface area contributed by atoms with Crippen LogP contribution in [-0.4, -0.2) is 12.5 Å². The minimum Gasteiger partial charge on any atom is -0.454 e. The lowest BCUT2D eigenvalue weighted by Crippen LogP contribution is -2.17. The van der Waals surface area contributed by atoms with Gasteiger partial charge < -0.3 is 9.47 Å². The molecule has 1 unspecified atom stereocenters. The molecule has 124 valence electrons. The van der Waals surface area contributed by atoms with E-state index >= 15 is 0 Å². The number of thiophene rings is 1. The summed E-state index contributed by atoms with van der Waals surface area (Å²) in [5.41, 5.74) is 3.27. The number of benzene rings is 2. The number of hydrogen-bond acceptors (Lipinski definition) is 5. The molecule has 0 spiro atoms. The summed E-state index contributed by atoms with van der Waals surface area (Å²) in [5.74, 6) is 1.60. The van der Waals surface area contributed by atoms with E-state index in [4.69, 9.17) is 14.6 Å². The number of ether oxygens (including phenoxy) is 2. The van der Waals surface area contributed by atoms with Crippen molar-refractivity contribution in [3.8, 4) is 11.5 Å². The van der Waals surface area contributed by atoms with E-state index in [2.05, 4.69) is 52.9 Å². The van der Waals surface area contributed by atoms with Crippen molar-refractivity contribution in [1.82, 2.24) is 0 Å². The Morgan fingerprint density at radius 2 is 1.84 bits per heavy atom. The van der Waals surface area contributed by atoms with Crippen molar-refractivity contribution in [1.29, 1.82) is 0 Å². The summed E-state index contributed by atoms with van der Waals surface area (Å²) < 4.78 is 10.9. The van der Waals surface area contributed by atoms with Gasteiger partial charge in [-0.1, -0.05) is 24.3 Å². The second kappa shape index (κ2) is 5.93. The third-order valence-electron chi connectivity index (χ3n) is 4.51. The molecule has 3 aromatic rings. The van der Waals surface area contributed by atoms with Crippen LogP contribution in [0.15, 0.2) is 71.1 Å². The van der Waals surface area contributed by atoms with E-state index in [9.17, 15) is 0 Å². The van der Waals surface area contributed by atoms with Crippen molar-refractivity contribution in [2.45, 2.75) is 12.5 Å². The zero-order chi connectivity index (χ0) is 16.6. The minimum atomic E-state index is 0.225. The molecule has 1 atom stereocenters. The number of rotatable bonds is 3. The predicted molar refractivity (Wildman–Crippen MR) is 99.7 cm³/mol. The molecule has 0 saturated heterocycles. The second-order valence-corrected chi connectivity index (χ2v) is 7.01. The maximum absolute atomic E-state index is 5.52. The van der Waals surface area contributed by atoms with E-state index in [1.54, 1.807) is 11.3 Å². The van der Waals surface area contributed by atoms with Gasteiger partial charge in [0, 0.05) is 16.9 Å². The lowest BCUT2D eigenvalue weighted by atomic mass is 10.0. The number of hydrogen-bond donors (Lipinski definition) is 0. The third-order valence-corrected chi connectivity index (χ3v) is 5.48. The zero-order valence-corrected chi connectivity index (χ0v) is 14.3. The highest BCUT2D eigenvalue weighted by Crippen LogP contribution is 2.40. The molecule has 5 heteroatoms. The highest BCUT2D eigenvalue weighted by Gasteiger charge is 2.31. The molecule has 5 rings (SSSR count). The zero-order valence-electron chi connectivity index (χ0n) is 13.5. The average molecular weight is 348 g/mol. The molecule has 0 bridgehead atoms. The maximum Gasteiger partial charge on any atom is 0.231 e. The third kappa shape index (κ3) is 2.57. The van der Waals surface area contributed by atoms with Crippen LogP contribution in [0.2, 0.25) is 0 Å². The topological polar surface area (TPSA) is 34.1 Å². The van der Waals surface area contributed by atoms with Crippen LogP contribution in [0, 0.1) is 0 Å². The molecule has 0 radical (unpaired) electrons. The van der Waals surface area contributed by atoms with Crippen molar-refractivity contribution in [2.75, 3.05) is 11.8 Å². The van der Waals surface area contributed by atoms with E-state index in [-0.39, 0.29) is 6.04 Å². The highest BCUT2D eigenvalue weighted by molar-refractivity contribution is 7.10. The Bertz CT molecular complexity index is 922. The molecule has 2 aliphatic rings. The van der Waals surface area contributed by atoms with E-state index < -0.39 is 0 Å². The number of fused-ring (bicyclic) bond motifs is 1. The van der Waals surface area contributed by atoms with Crippen LogP contribution in [-0.2, 0) is 0 Å². The van der Waals surface area contributed by atoms with E-state index in [0.29, 0.717) is 6.79 Å². The van der Waals surface area contributed by atoms with Gasteiger partial charge in [0.25, 0.3) is 0 Å². The smallest absolute Gasteiger partial charge is 0.231 e. The van der Waals surface area contributed by atoms with Gasteiger partial charge >= 0.3 is 0 Å². The Morgan fingerprint density at radius 3 is 2.68 bits per heavy atom. The molecule has 25 heavy (non-hydrogen) atoms. The molecule has 0 aliphatic carbocycles. The van der Waals surface area contributed by atoms with Gasteiger partial charge in [0.1, 0.15) is 0 Å². The number of para-hydroxylation sites is 1. The van der Waals surface area contributed by atoms with Gasteiger partial charge in [-0.25, -0.2) is 0 Å². The fourth-order valence-corrected chi connectivity index (χ4v) is 4.09. The van der Waals surface area contributed by atoms with E-state index in [1.165, 1.54) is 4.88 Å². The lowest BCUT2D eigenvalue weighted by molar-refractivity contribution is 0.174. The van der Waals surface area contributed by atoms with Crippen molar-refractivity contribution < 1.29 is 9.47 Å². The van der Waals surface area contributed by atoms with Gasteiger partial charge in [-0.15, -0.1) is 11.3 Å². The predicted octanol–water partition coefficient (Wildman–Crippen LogP) is 4.83. The molecule has 4 nitrogen and oxygen atoms in total. The van der Waals surface area contributed by atoms with Crippen LogP contribution >= 0.6 is 11.3 Å². The van der Waals surface area contributed by atoms with Crippen molar-refractivity contribution >= 4 is 22.7 Å². The summed E-state index contributed by atoms with van der Waals surface area (Å²) in [6, 6.07) is 20.9. The molecule has 0 fully saturated rings. The summed E-state index contributed by atoms with van der Waals surface area (Å²) in [6.07, 6.45) is 0.870. The highest BCUT2D eigenvalue weighted by atomic mass is 32.1. The van der Waals surface area contributed by atoms with E-state index in [1.807, 2.05) is 18.2 Å². The van der Waals surface area contributed by atoms with Gasteiger partial charge in [-0.3, -0.25) is 5.01 Å². The van der Waals surface area contributed by atoms with Crippen LogP contribution in [0.5, 0.6) is 11.5 Å². The Balaban J connectivity index is 1.54. The summed E-state index contributed by atoms with van der Waals surface area (Å²) in [7, 11) is 0. The summed E-state index contributed by atoms with van der Waals surface area (Å²) in [4.78, 5) is 1.32. The van der Waals surface area contributed by atoms with Gasteiger partial charge in [0.15, 0.2) is 11.5 Å². The van der Waals surface area contributed by atoms with Crippen LogP contribution in [0.25, 0.3) is 0 Å². The summed E-state index contributed by atoms with van der Waals surface area (Å²) >= 11 is 1.78. The number of anilines is 1. The Hall–Kier alpha value is -2.79. The number of nitrogens with zero attached hydrogens (tertiary/aromatic N) is 2. The van der Waals surface area contributed by atoms with Crippen LogP contribution in [0.4, 0.5) is 5.69 Å². The van der Waals surface area contributed by atoms with Crippen molar-refractivity contribution in [3.05, 3.63) is 76.5 Å².